The van der Waals surface area contributed by atoms with Gasteiger partial charge < -0.3 is 4.74 Å². The zero-order valence-electron chi connectivity index (χ0n) is 11.7. The third kappa shape index (κ3) is 7.25. The number of unbranched alkanes of at least 4 members (excludes halogenated alkanes) is 1. The van der Waals surface area contributed by atoms with E-state index in [-0.39, 0.29) is 25.3 Å². The number of hydrogen-bond donors (Lipinski definition) is 1. The van der Waals surface area contributed by atoms with Crippen LogP contribution in [0.4, 0.5) is 0 Å². The maximum atomic E-state index is 11.5. The van der Waals surface area contributed by atoms with E-state index in [1.54, 1.807) is 0 Å². The first kappa shape index (κ1) is 16.7. The first-order valence-electron chi connectivity index (χ1n) is 6.70. The van der Waals surface area contributed by atoms with Crippen molar-refractivity contribution < 1.29 is 17.9 Å². The molecule has 0 aliphatic carbocycles. The van der Waals surface area contributed by atoms with Gasteiger partial charge in [-0.25, -0.2) is 13.1 Å². The summed E-state index contributed by atoms with van der Waals surface area (Å²) in [5.41, 5.74) is 0.907. The van der Waals surface area contributed by atoms with E-state index in [9.17, 15) is 13.2 Å². The number of carbonyl (C=O) groups excluding carboxylic acids is 1. The van der Waals surface area contributed by atoms with Crippen molar-refractivity contribution in [2.24, 2.45) is 0 Å². The average molecular weight is 299 g/mol. The molecule has 0 spiro atoms. The Morgan fingerprint density at radius 1 is 1.25 bits per heavy atom. The van der Waals surface area contributed by atoms with Crippen LogP contribution in [0.5, 0.6) is 0 Å². The molecule has 0 saturated carbocycles. The number of rotatable bonds is 9. The van der Waals surface area contributed by atoms with Crippen LogP contribution in [0.1, 0.15) is 31.7 Å². The van der Waals surface area contributed by atoms with Gasteiger partial charge in [-0.05, 0) is 12.0 Å². The van der Waals surface area contributed by atoms with Gasteiger partial charge in [0.2, 0.25) is 10.0 Å². The van der Waals surface area contributed by atoms with Crippen molar-refractivity contribution in [1.82, 2.24) is 4.72 Å². The monoisotopic (exact) mass is 299 g/mol. The number of ether oxygens (including phenoxy) is 1. The van der Waals surface area contributed by atoms with Gasteiger partial charge >= 0.3 is 5.97 Å². The summed E-state index contributed by atoms with van der Waals surface area (Å²) in [7, 11) is -3.26. The lowest BCUT2D eigenvalue weighted by Gasteiger charge is -2.07. The van der Waals surface area contributed by atoms with Crippen LogP contribution < -0.4 is 4.72 Å². The molecule has 1 rings (SSSR count). The Labute approximate surface area is 120 Å². The SMILES string of the molecule is CCCCS(=O)(=O)NCCC(=O)OCc1ccccc1. The van der Waals surface area contributed by atoms with E-state index in [0.717, 1.165) is 12.0 Å². The summed E-state index contributed by atoms with van der Waals surface area (Å²) in [6, 6.07) is 9.34. The fourth-order valence-electron chi connectivity index (χ4n) is 1.53. The van der Waals surface area contributed by atoms with Gasteiger partial charge in [0.05, 0.1) is 12.2 Å². The lowest BCUT2D eigenvalue weighted by atomic mass is 10.2. The van der Waals surface area contributed by atoms with Gasteiger partial charge in [0.15, 0.2) is 0 Å². The fraction of sp³-hybridized carbons (Fsp3) is 0.500. The van der Waals surface area contributed by atoms with Crippen LogP contribution in [-0.4, -0.2) is 26.7 Å². The topological polar surface area (TPSA) is 72.5 Å². The molecule has 0 aliphatic heterocycles. The summed E-state index contributed by atoms with van der Waals surface area (Å²) in [6.07, 6.45) is 1.48. The zero-order chi connectivity index (χ0) is 14.8. The molecule has 0 bridgehead atoms. The molecule has 0 aliphatic rings. The molecule has 0 saturated heterocycles. The van der Waals surface area contributed by atoms with Crippen molar-refractivity contribution in [2.75, 3.05) is 12.3 Å². The van der Waals surface area contributed by atoms with Crippen molar-refractivity contribution >= 4 is 16.0 Å². The zero-order valence-corrected chi connectivity index (χ0v) is 12.5. The number of nitrogens with one attached hydrogen (secondary N) is 1. The number of carbonyl (C=O) groups is 1. The molecule has 112 valence electrons. The number of esters is 1. The molecule has 6 heteroatoms. The second kappa shape index (κ2) is 8.71. The summed E-state index contributed by atoms with van der Waals surface area (Å²) >= 11 is 0. The number of hydrogen-bond acceptors (Lipinski definition) is 4. The highest BCUT2D eigenvalue weighted by Gasteiger charge is 2.10. The molecule has 0 amide bonds. The Bertz CT molecular complexity index is 499. The van der Waals surface area contributed by atoms with Crippen LogP contribution in [0.2, 0.25) is 0 Å². The van der Waals surface area contributed by atoms with Gasteiger partial charge in [-0.3, -0.25) is 4.79 Å². The van der Waals surface area contributed by atoms with Gasteiger partial charge in [0.25, 0.3) is 0 Å². The van der Waals surface area contributed by atoms with Gasteiger partial charge in [-0.15, -0.1) is 0 Å². The molecule has 0 heterocycles. The maximum Gasteiger partial charge on any atom is 0.307 e. The highest BCUT2D eigenvalue weighted by Crippen LogP contribution is 2.01. The molecule has 1 aromatic carbocycles. The third-order valence-electron chi connectivity index (χ3n) is 2.66. The van der Waals surface area contributed by atoms with E-state index in [0.29, 0.717) is 6.42 Å². The first-order valence-corrected chi connectivity index (χ1v) is 8.35. The van der Waals surface area contributed by atoms with Gasteiger partial charge in [0.1, 0.15) is 6.61 Å². The molecule has 0 fully saturated rings. The van der Waals surface area contributed by atoms with E-state index in [2.05, 4.69) is 4.72 Å². The Morgan fingerprint density at radius 3 is 2.60 bits per heavy atom. The van der Waals surface area contributed by atoms with Crippen molar-refractivity contribution in [2.45, 2.75) is 32.8 Å². The predicted octanol–water partition coefficient (Wildman–Crippen LogP) is 1.84. The minimum Gasteiger partial charge on any atom is -0.461 e. The highest BCUT2D eigenvalue weighted by atomic mass is 32.2. The van der Waals surface area contributed by atoms with Gasteiger partial charge in [-0.2, -0.15) is 0 Å². The highest BCUT2D eigenvalue weighted by molar-refractivity contribution is 7.89. The predicted molar refractivity (Wildman–Crippen MR) is 77.6 cm³/mol. The fourth-order valence-corrected chi connectivity index (χ4v) is 2.75. The summed E-state index contributed by atoms with van der Waals surface area (Å²) < 4.78 is 30.4. The Balaban J connectivity index is 2.20. The van der Waals surface area contributed by atoms with Crippen molar-refractivity contribution in [1.29, 1.82) is 0 Å². The first-order chi connectivity index (χ1) is 9.53. The Hall–Kier alpha value is -1.40. The molecule has 0 aromatic heterocycles. The average Bonchev–Trinajstić information content (AvgIpc) is 2.44. The molecule has 1 aromatic rings. The molecular formula is C14H21NO4S. The summed E-state index contributed by atoms with van der Waals surface area (Å²) in [5.74, 6) is -0.310. The van der Waals surface area contributed by atoms with E-state index in [1.807, 2.05) is 37.3 Å². The van der Waals surface area contributed by atoms with Crippen LogP contribution >= 0.6 is 0 Å². The second-order valence-corrected chi connectivity index (χ2v) is 6.39. The molecule has 0 atom stereocenters. The summed E-state index contributed by atoms with van der Waals surface area (Å²) in [5, 5.41) is 0. The van der Waals surface area contributed by atoms with E-state index >= 15 is 0 Å². The quantitative estimate of drug-likeness (QED) is 0.706. The van der Waals surface area contributed by atoms with Crippen molar-refractivity contribution in [3.05, 3.63) is 35.9 Å². The van der Waals surface area contributed by atoms with Crippen LogP contribution in [-0.2, 0) is 26.2 Å². The normalized spacial score (nSPS) is 11.2. The molecule has 0 unspecified atom stereocenters. The van der Waals surface area contributed by atoms with Crippen LogP contribution in [0.25, 0.3) is 0 Å². The molecule has 1 N–H and O–H groups in total. The summed E-state index contributed by atoms with van der Waals surface area (Å²) in [4.78, 5) is 11.5. The standard InChI is InChI=1S/C14H21NO4S/c1-2-3-11-20(17,18)15-10-9-14(16)19-12-13-7-5-4-6-8-13/h4-8,15H,2-3,9-12H2,1H3. The number of benzene rings is 1. The molecule has 5 nitrogen and oxygen atoms in total. The van der Waals surface area contributed by atoms with Gasteiger partial charge in [0, 0.05) is 6.54 Å². The molecule has 20 heavy (non-hydrogen) atoms. The Kier molecular flexibility index (Phi) is 7.25. The maximum absolute atomic E-state index is 11.5. The largest absolute Gasteiger partial charge is 0.461 e. The van der Waals surface area contributed by atoms with E-state index in [4.69, 9.17) is 4.74 Å². The molecule has 0 radical (unpaired) electrons. The lowest BCUT2D eigenvalue weighted by molar-refractivity contribution is -0.144. The van der Waals surface area contributed by atoms with Crippen LogP contribution in [0.15, 0.2) is 30.3 Å². The second-order valence-electron chi connectivity index (χ2n) is 4.46. The van der Waals surface area contributed by atoms with Crippen molar-refractivity contribution in [3.63, 3.8) is 0 Å². The van der Waals surface area contributed by atoms with E-state index < -0.39 is 16.0 Å². The lowest BCUT2D eigenvalue weighted by Crippen LogP contribution is -2.28. The smallest absolute Gasteiger partial charge is 0.307 e. The van der Waals surface area contributed by atoms with Gasteiger partial charge in [-0.1, -0.05) is 43.7 Å². The minimum absolute atomic E-state index is 0.0399. The third-order valence-corrected chi connectivity index (χ3v) is 4.13. The summed E-state index contributed by atoms with van der Waals surface area (Å²) in [6.45, 7) is 2.22. The molecular weight excluding hydrogens is 278 g/mol. The van der Waals surface area contributed by atoms with Crippen LogP contribution in [0, 0.1) is 0 Å². The van der Waals surface area contributed by atoms with Crippen molar-refractivity contribution in [3.8, 4) is 0 Å². The van der Waals surface area contributed by atoms with Crippen LogP contribution in [0.3, 0.4) is 0 Å². The minimum atomic E-state index is -3.26. The Morgan fingerprint density at radius 2 is 1.95 bits per heavy atom. The number of sulfonamides is 1. The van der Waals surface area contributed by atoms with E-state index in [1.165, 1.54) is 0 Å².